The Hall–Kier alpha value is -3.51. The molecule has 168 valence electrons. The summed E-state index contributed by atoms with van der Waals surface area (Å²) in [4.78, 5) is 21.8. The molecule has 1 aromatic heterocycles. The van der Waals surface area contributed by atoms with Gasteiger partial charge < -0.3 is 19.7 Å². The molecule has 0 radical (unpaired) electrons. The number of nitrogens with zero attached hydrogens (tertiary/aromatic N) is 4. The number of halogens is 1. The quantitative estimate of drug-likeness (QED) is 0.444. The molecule has 4 aromatic rings. The lowest BCUT2D eigenvalue weighted by Crippen LogP contribution is -2.50. The highest BCUT2D eigenvalue weighted by atomic mass is 35.5. The fraction of sp³-hybridized carbons (Fsp3) is 0.231. The Morgan fingerprint density at radius 2 is 1.70 bits per heavy atom. The van der Waals surface area contributed by atoms with Crippen LogP contribution in [0, 0.1) is 6.92 Å². The number of fused-ring (bicyclic) bond motifs is 1. The summed E-state index contributed by atoms with van der Waals surface area (Å²) in [5.74, 6) is 0.949. The Bertz CT molecular complexity index is 1280. The van der Waals surface area contributed by atoms with Crippen LogP contribution in [0.25, 0.3) is 11.0 Å². The second-order valence-corrected chi connectivity index (χ2v) is 8.75. The first-order valence-corrected chi connectivity index (χ1v) is 11.5. The van der Waals surface area contributed by atoms with Gasteiger partial charge >= 0.3 is 6.03 Å². The SMILES string of the molecule is Cc1ccc(NC(=O)N2CCN(c3nc4ccccc4n3Cc3ccccc3)CC2)cc1Cl. The van der Waals surface area contributed by atoms with E-state index in [1.807, 2.05) is 36.1 Å². The normalized spacial score (nSPS) is 14.0. The highest BCUT2D eigenvalue weighted by molar-refractivity contribution is 6.31. The maximum Gasteiger partial charge on any atom is 0.321 e. The van der Waals surface area contributed by atoms with E-state index in [4.69, 9.17) is 16.6 Å². The molecule has 2 amide bonds. The largest absolute Gasteiger partial charge is 0.339 e. The van der Waals surface area contributed by atoms with E-state index in [1.54, 1.807) is 6.07 Å². The number of carbonyl (C=O) groups excluding carboxylic acids is 1. The van der Waals surface area contributed by atoms with E-state index >= 15 is 0 Å². The molecule has 1 fully saturated rings. The molecule has 0 bridgehead atoms. The fourth-order valence-corrected chi connectivity index (χ4v) is 4.39. The standard InChI is InChI=1S/C26H26ClN5O/c1-19-11-12-21(17-22(19)27)28-26(33)31-15-13-30(14-16-31)25-29-23-9-5-6-10-24(23)32(25)18-20-7-3-2-4-8-20/h2-12,17H,13-16,18H2,1H3,(H,28,33). The lowest BCUT2D eigenvalue weighted by Gasteiger charge is -2.35. The predicted octanol–water partition coefficient (Wildman–Crippen LogP) is 5.40. The average molecular weight is 460 g/mol. The van der Waals surface area contributed by atoms with Crippen LogP contribution in [0.3, 0.4) is 0 Å². The Labute approximate surface area is 198 Å². The third-order valence-electron chi connectivity index (χ3n) is 6.09. The average Bonchev–Trinajstić information content (AvgIpc) is 3.20. The number of hydrogen-bond acceptors (Lipinski definition) is 3. The van der Waals surface area contributed by atoms with Gasteiger partial charge in [-0.1, -0.05) is 60.1 Å². The molecule has 1 aliphatic heterocycles. The number of hydrogen-bond donors (Lipinski definition) is 1. The number of imidazole rings is 1. The van der Waals surface area contributed by atoms with E-state index in [-0.39, 0.29) is 6.03 Å². The van der Waals surface area contributed by atoms with E-state index in [1.165, 1.54) is 5.56 Å². The molecular weight excluding hydrogens is 434 g/mol. The van der Waals surface area contributed by atoms with Gasteiger partial charge in [0, 0.05) is 36.9 Å². The van der Waals surface area contributed by atoms with Crippen molar-refractivity contribution in [2.45, 2.75) is 13.5 Å². The number of para-hydroxylation sites is 2. The first kappa shape index (κ1) is 21.3. The Morgan fingerprint density at radius 3 is 2.45 bits per heavy atom. The van der Waals surface area contributed by atoms with Crippen LogP contribution < -0.4 is 10.2 Å². The van der Waals surface area contributed by atoms with Gasteiger partial charge in [0.1, 0.15) is 0 Å². The van der Waals surface area contributed by atoms with Crippen molar-refractivity contribution in [1.29, 1.82) is 0 Å². The molecule has 0 aliphatic carbocycles. The minimum absolute atomic E-state index is 0.104. The van der Waals surface area contributed by atoms with Gasteiger partial charge in [0.15, 0.2) is 0 Å². The predicted molar refractivity (Wildman–Crippen MR) is 134 cm³/mol. The third-order valence-corrected chi connectivity index (χ3v) is 6.50. The van der Waals surface area contributed by atoms with Crippen LogP contribution in [0.4, 0.5) is 16.4 Å². The molecule has 0 atom stereocenters. The summed E-state index contributed by atoms with van der Waals surface area (Å²) in [7, 11) is 0. The Balaban J connectivity index is 1.31. The molecule has 5 rings (SSSR count). The molecule has 7 heteroatoms. The van der Waals surface area contributed by atoms with Crippen molar-refractivity contribution in [3.8, 4) is 0 Å². The molecule has 1 aliphatic rings. The van der Waals surface area contributed by atoms with Gasteiger partial charge in [0.25, 0.3) is 0 Å². The molecule has 1 saturated heterocycles. The van der Waals surface area contributed by atoms with Crippen LogP contribution >= 0.6 is 11.6 Å². The monoisotopic (exact) mass is 459 g/mol. The number of urea groups is 1. The second kappa shape index (κ2) is 9.16. The molecule has 6 nitrogen and oxygen atoms in total. The number of anilines is 2. The van der Waals surface area contributed by atoms with Crippen molar-refractivity contribution in [2.24, 2.45) is 0 Å². The van der Waals surface area contributed by atoms with Crippen molar-refractivity contribution >= 4 is 40.3 Å². The number of amides is 2. The topological polar surface area (TPSA) is 53.4 Å². The number of aromatic nitrogens is 2. The summed E-state index contributed by atoms with van der Waals surface area (Å²) in [6.45, 7) is 5.39. The molecule has 0 unspecified atom stereocenters. The van der Waals surface area contributed by atoms with Crippen LogP contribution in [0.5, 0.6) is 0 Å². The zero-order chi connectivity index (χ0) is 22.8. The smallest absolute Gasteiger partial charge is 0.321 e. The van der Waals surface area contributed by atoms with E-state index in [0.29, 0.717) is 23.8 Å². The number of carbonyl (C=O) groups is 1. The van der Waals surface area contributed by atoms with Gasteiger partial charge in [-0.25, -0.2) is 9.78 Å². The number of benzene rings is 3. The number of aryl methyl sites for hydroxylation is 1. The van der Waals surface area contributed by atoms with Gasteiger partial charge in [-0.2, -0.15) is 0 Å². The molecule has 3 aromatic carbocycles. The molecule has 2 heterocycles. The first-order valence-electron chi connectivity index (χ1n) is 11.1. The van der Waals surface area contributed by atoms with E-state index < -0.39 is 0 Å². The van der Waals surface area contributed by atoms with E-state index in [9.17, 15) is 4.79 Å². The van der Waals surface area contributed by atoms with Gasteiger partial charge in [-0.15, -0.1) is 0 Å². The second-order valence-electron chi connectivity index (χ2n) is 8.34. The Morgan fingerprint density at radius 1 is 0.970 bits per heavy atom. The van der Waals surface area contributed by atoms with E-state index in [0.717, 1.165) is 42.2 Å². The van der Waals surface area contributed by atoms with Crippen LogP contribution in [-0.4, -0.2) is 46.7 Å². The van der Waals surface area contributed by atoms with Crippen LogP contribution in [0.2, 0.25) is 5.02 Å². The minimum Gasteiger partial charge on any atom is -0.339 e. The minimum atomic E-state index is -0.104. The van der Waals surface area contributed by atoms with Crippen LogP contribution in [0.1, 0.15) is 11.1 Å². The van der Waals surface area contributed by atoms with Crippen molar-refractivity contribution in [3.05, 3.63) is 88.9 Å². The molecule has 33 heavy (non-hydrogen) atoms. The van der Waals surface area contributed by atoms with Gasteiger partial charge in [0.05, 0.1) is 17.6 Å². The van der Waals surface area contributed by atoms with Crippen LogP contribution in [0.15, 0.2) is 72.8 Å². The third kappa shape index (κ3) is 4.52. The Kier molecular flexibility index (Phi) is 5.92. The maximum absolute atomic E-state index is 12.8. The number of piperazine rings is 1. The van der Waals surface area contributed by atoms with Gasteiger partial charge in [-0.05, 0) is 42.3 Å². The lowest BCUT2D eigenvalue weighted by atomic mass is 10.2. The van der Waals surface area contributed by atoms with Crippen molar-refractivity contribution in [2.75, 3.05) is 36.4 Å². The summed E-state index contributed by atoms with van der Waals surface area (Å²) in [6, 6.07) is 24.1. The molecule has 1 N–H and O–H groups in total. The number of rotatable bonds is 4. The van der Waals surface area contributed by atoms with Crippen molar-refractivity contribution in [3.63, 3.8) is 0 Å². The van der Waals surface area contributed by atoms with E-state index in [2.05, 4.69) is 57.2 Å². The lowest BCUT2D eigenvalue weighted by molar-refractivity contribution is 0.208. The molecule has 0 saturated carbocycles. The van der Waals surface area contributed by atoms with Crippen LogP contribution in [-0.2, 0) is 6.54 Å². The fourth-order valence-electron chi connectivity index (χ4n) is 4.21. The molecular formula is C26H26ClN5O. The first-order chi connectivity index (χ1) is 16.1. The maximum atomic E-state index is 12.8. The summed E-state index contributed by atoms with van der Waals surface area (Å²) in [5.41, 5.74) is 5.04. The van der Waals surface area contributed by atoms with Gasteiger partial charge in [0.2, 0.25) is 5.95 Å². The summed E-state index contributed by atoms with van der Waals surface area (Å²) >= 11 is 6.20. The zero-order valence-corrected chi connectivity index (χ0v) is 19.3. The van der Waals surface area contributed by atoms with Crippen molar-refractivity contribution < 1.29 is 4.79 Å². The highest BCUT2D eigenvalue weighted by Gasteiger charge is 2.25. The number of nitrogens with one attached hydrogen (secondary N) is 1. The van der Waals surface area contributed by atoms with Gasteiger partial charge in [-0.3, -0.25) is 0 Å². The summed E-state index contributed by atoms with van der Waals surface area (Å²) in [6.07, 6.45) is 0. The zero-order valence-electron chi connectivity index (χ0n) is 18.5. The van der Waals surface area contributed by atoms with Crippen molar-refractivity contribution in [1.82, 2.24) is 14.5 Å². The molecule has 0 spiro atoms. The summed E-state index contributed by atoms with van der Waals surface area (Å²) < 4.78 is 2.27. The summed E-state index contributed by atoms with van der Waals surface area (Å²) in [5, 5.41) is 3.61. The highest BCUT2D eigenvalue weighted by Crippen LogP contribution is 2.25.